The van der Waals surface area contributed by atoms with Crippen LogP contribution in [-0.4, -0.2) is 22.7 Å². The molecule has 4 nitrogen and oxygen atoms in total. The highest BCUT2D eigenvalue weighted by Crippen LogP contribution is 2.12. The topological polar surface area (TPSA) is 51.0 Å². The number of aryl methyl sites for hydroxylation is 1. The van der Waals surface area contributed by atoms with E-state index in [1.165, 1.54) is 6.07 Å². The van der Waals surface area contributed by atoms with Gasteiger partial charge in [-0.25, -0.2) is 4.39 Å². The SMILES string of the molecule is CCNC(C)CCc1nc(Cc2ccccc2F)no1. The van der Waals surface area contributed by atoms with Crippen molar-refractivity contribution in [1.29, 1.82) is 0 Å². The standard InChI is InChI=1S/C15H20FN3O/c1-3-17-11(2)8-9-15-18-14(19-20-15)10-12-6-4-5-7-13(12)16/h4-7,11,17H,3,8-10H2,1-2H3. The molecule has 0 radical (unpaired) electrons. The molecule has 1 N–H and O–H groups in total. The smallest absolute Gasteiger partial charge is 0.226 e. The first-order valence-electron chi connectivity index (χ1n) is 6.97. The highest BCUT2D eigenvalue weighted by Gasteiger charge is 2.10. The number of hydrogen-bond donors (Lipinski definition) is 1. The van der Waals surface area contributed by atoms with Crippen LogP contribution in [0.4, 0.5) is 4.39 Å². The average Bonchev–Trinajstić information content (AvgIpc) is 2.87. The van der Waals surface area contributed by atoms with Gasteiger partial charge in [-0.1, -0.05) is 30.3 Å². The van der Waals surface area contributed by atoms with Gasteiger partial charge < -0.3 is 9.84 Å². The van der Waals surface area contributed by atoms with E-state index in [1.54, 1.807) is 18.2 Å². The predicted octanol–water partition coefficient (Wildman–Crippen LogP) is 2.73. The summed E-state index contributed by atoms with van der Waals surface area (Å²) in [4.78, 5) is 4.31. The van der Waals surface area contributed by atoms with Gasteiger partial charge in [-0.05, 0) is 31.5 Å². The normalized spacial score (nSPS) is 12.6. The number of halogens is 1. The third kappa shape index (κ3) is 4.13. The molecule has 0 aliphatic heterocycles. The second kappa shape index (κ2) is 7.14. The van der Waals surface area contributed by atoms with Crippen molar-refractivity contribution >= 4 is 0 Å². The molecular formula is C15H20FN3O. The molecular weight excluding hydrogens is 257 g/mol. The lowest BCUT2D eigenvalue weighted by molar-refractivity contribution is 0.363. The Morgan fingerprint density at radius 3 is 2.90 bits per heavy atom. The first-order valence-corrected chi connectivity index (χ1v) is 6.97. The molecule has 0 saturated carbocycles. The third-order valence-electron chi connectivity index (χ3n) is 3.16. The summed E-state index contributed by atoms with van der Waals surface area (Å²) in [5.74, 6) is 0.905. The van der Waals surface area contributed by atoms with E-state index in [0.717, 1.165) is 19.4 Å². The minimum absolute atomic E-state index is 0.236. The van der Waals surface area contributed by atoms with Gasteiger partial charge in [-0.3, -0.25) is 0 Å². The van der Waals surface area contributed by atoms with Crippen molar-refractivity contribution in [2.45, 2.75) is 39.2 Å². The minimum Gasteiger partial charge on any atom is -0.339 e. The quantitative estimate of drug-likeness (QED) is 0.845. The Hall–Kier alpha value is -1.75. The van der Waals surface area contributed by atoms with Gasteiger partial charge in [0, 0.05) is 18.9 Å². The Labute approximate surface area is 118 Å². The second-order valence-corrected chi connectivity index (χ2v) is 4.87. The van der Waals surface area contributed by atoms with Crippen LogP contribution in [0.15, 0.2) is 28.8 Å². The number of aromatic nitrogens is 2. The van der Waals surface area contributed by atoms with E-state index in [0.29, 0.717) is 29.7 Å². The van der Waals surface area contributed by atoms with E-state index in [9.17, 15) is 4.39 Å². The minimum atomic E-state index is -0.236. The van der Waals surface area contributed by atoms with Gasteiger partial charge in [0.1, 0.15) is 5.82 Å². The van der Waals surface area contributed by atoms with Crippen LogP contribution in [0.25, 0.3) is 0 Å². The molecule has 1 heterocycles. The van der Waals surface area contributed by atoms with Crippen LogP contribution in [0.1, 0.15) is 37.5 Å². The summed E-state index contributed by atoms with van der Waals surface area (Å²) in [5.41, 5.74) is 0.584. The van der Waals surface area contributed by atoms with E-state index in [1.807, 2.05) is 0 Å². The van der Waals surface area contributed by atoms with Gasteiger partial charge >= 0.3 is 0 Å². The Balaban J connectivity index is 1.91. The lowest BCUT2D eigenvalue weighted by Crippen LogP contribution is -2.25. The molecule has 1 unspecified atom stereocenters. The van der Waals surface area contributed by atoms with Crippen LogP contribution in [0.2, 0.25) is 0 Å². The number of nitrogens with one attached hydrogen (secondary N) is 1. The molecule has 2 rings (SSSR count). The summed E-state index contributed by atoms with van der Waals surface area (Å²) in [6, 6.07) is 7.06. The molecule has 5 heteroatoms. The summed E-state index contributed by atoms with van der Waals surface area (Å²) in [6.45, 7) is 5.15. The van der Waals surface area contributed by atoms with Gasteiger partial charge in [0.05, 0.1) is 0 Å². The fourth-order valence-electron chi connectivity index (χ4n) is 2.07. The fraction of sp³-hybridized carbons (Fsp3) is 0.467. The molecule has 0 amide bonds. The van der Waals surface area contributed by atoms with E-state index < -0.39 is 0 Å². The number of benzene rings is 1. The summed E-state index contributed by atoms with van der Waals surface area (Å²) in [7, 11) is 0. The van der Waals surface area contributed by atoms with Crippen LogP contribution in [-0.2, 0) is 12.8 Å². The monoisotopic (exact) mass is 277 g/mol. The Morgan fingerprint density at radius 1 is 1.35 bits per heavy atom. The Bertz CT molecular complexity index is 541. The van der Waals surface area contributed by atoms with E-state index in [4.69, 9.17) is 4.52 Å². The first-order chi connectivity index (χ1) is 9.69. The van der Waals surface area contributed by atoms with Crippen LogP contribution in [0, 0.1) is 5.82 Å². The van der Waals surface area contributed by atoms with Crippen LogP contribution in [0.3, 0.4) is 0 Å². The Morgan fingerprint density at radius 2 is 2.15 bits per heavy atom. The van der Waals surface area contributed by atoms with Gasteiger partial charge in [0.2, 0.25) is 5.89 Å². The highest BCUT2D eigenvalue weighted by atomic mass is 19.1. The van der Waals surface area contributed by atoms with Crippen molar-refractivity contribution in [3.63, 3.8) is 0 Å². The maximum Gasteiger partial charge on any atom is 0.226 e. The Kier molecular flexibility index (Phi) is 5.24. The van der Waals surface area contributed by atoms with E-state index in [2.05, 4.69) is 29.3 Å². The zero-order valence-electron chi connectivity index (χ0n) is 11.9. The average molecular weight is 277 g/mol. The summed E-state index contributed by atoms with van der Waals surface area (Å²) >= 11 is 0. The number of rotatable bonds is 7. The molecule has 0 spiro atoms. The fourth-order valence-corrected chi connectivity index (χ4v) is 2.07. The lowest BCUT2D eigenvalue weighted by atomic mass is 10.1. The van der Waals surface area contributed by atoms with Gasteiger partial charge in [0.25, 0.3) is 0 Å². The zero-order valence-corrected chi connectivity index (χ0v) is 11.9. The number of nitrogens with zero attached hydrogens (tertiary/aromatic N) is 2. The molecule has 1 aromatic heterocycles. The summed E-state index contributed by atoms with van der Waals surface area (Å²) < 4.78 is 18.7. The maximum absolute atomic E-state index is 13.5. The van der Waals surface area contributed by atoms with Crippen LogP contribution < -0.4 is 5.32 Å². The molecule has 1 atom stereocenters. The molecule has 2 aromatic rings. The van der Waals surface area contributed by atoms with Crippen molar-refractivity contribution in [1.82, 2.24) is 15.5 Å². The van der Waals surface area contributed by atoms with Crippen molar-refractivity contribution < 1.29 is 8.91 Å². The molecule has 0 saturated heterocycles. The molecule has 108 valence electrons. The van der Waals surface area contributed by atoms with Gasteiger partial charge in [0.15, 0.2) is 5.82 Å². The lowest BCUT2D eigenvalue weighted by Gasteiger charge is -2.09. The van der Waals surface area contributed by atoms with Crippen LogP contribution in [0.5, 0.6) is 0 Å². The predicted molar refractivity (Wildman–Crippen MR) is 75.0 cm³/mol. The summed E-state index contributed by atoms with van der Waals surface area (Å²) in [5, 5.41) is 7.23. The van der Waals surface area contributed by atoms with E-state index in [-0.39, 0.29) is 5.82 Å². The second-order valence-electron chi connectivity index (χ2n) is 4.87. The van der Waals surface area contributed by atoms with Crippen molar-refractivity contribution in [2.24, 2.45) is 0 Å². The highest BCUT2D eigenvalue weighted by molar-refractivity contribution is 5.20. The summed E-state index contributed by atoms with van der Waals surface area (Å²) in [6.07, 6.45) is 2.03. The number of hydrogen-bond acceptors (Lipinski definition) is 4. The third-order valence-corrected chi connectivity index (χ3v) is 3.16. The molecule has 0 aliphatic rings. The van der Waals surface area contributed by atoms with Gasteiger partial charge in [-0.2, -0.15) is 4.98 Å². The maximum atomic E-state index is 13.5. The largest absolute Gasteiger partial charge is 0.339 e. The first kappa shape index (κ1) is 14.7. The zero-order chi connectivity index (χ0) is 14.4. The van der Waals surface area contributed by atoms with E-state index >= 15 is 0 Å². The molecule has 20 heavy (non-hydrogen) atoms. The molecule has 0 bridgehead atoms. The van der Waals surface area contributed by atoms with Crippen molar-refractivity contribution in [3.05, 3.63) is 47.4 Å². The van der Waals surface area contributed by atoms with Crippen molar-refractivity contribution in [3.8, 4) is 0 Å². The van der Waals surface area contributed by atoms with Crippen molar-refractivity contribution in [2.75, 3.05) is 6.54 Å². The molecule has 1 aromatic carbocycles. The van der Waals surface area contributed by atoms with Gasteiger partial charge in [-0.15, -0.1) is 0 Å². The molecule has 0 aliphatic carbocycles. The molecule has 0 fully saturated rings. The van der Waals surface area contributed by atoms with Crippen LogP contribution >= 0.6 is 0 Å².